The fraction of sp³-hybridized carbons (Fsp3) is 0.400. The molecule has 1 unspecified atom stereocenters. The summed E-state index contributed by atoms with van der Waals surface area (Å²) in [5, 5.41) is 14.6. The van der Waals surface area contributed by atoms with Crippen LogP contribution in [0.1, 0.15) is 36.7 Å². The van der Waals surface area contributed by atoms with Crippen LogP contribution in [0.3, 0.4) is 0 Å². The lowest BCUT2D eigenvalue weighted by atomic mass is 9.96. The van der Waals surface area contributed by atoms with Gasteiger partial charge < -0.3 is 14.6 Å². The third-order valence-corrected chi connectivity index (χ3v) is 3.63. The van der Waals surface area contributed by atoms with Crippen molar-refractivity contribution in [3.63, 3.8) is 0 Å². The average molecular weight is 274 g/mol. The quantitative estimate of drug-likeness (QED) is 0.934. The third-order valence-electron chi connectivity index (χ3n) is 3.63. The molecule has 0 radical (unpaired) electrons. The van der Waals surface area contributed by atoms with Crippen LogP contribution >= 0.6 is 0 Å². The molecule has 5 heteroatoms. The molecule has 0 bridgehead atoms. The van der Waals surface area contributed by atoms with Crippen molar-refractivity contribution in [3.05, 3.63) is 41.7 Å². The number of aromatic nitrogens is 2. The summed E-state index contributed by atoms with van der Waals surface area (Å²) < 4.78 is 13.0. The number of aryl methyl sites for hydroxylation is 1. The maximum absolute atomic E-state index is 10.3. The summed E-state index contributed by atoms with van der Waals surface area (Å²) in [7, 11) is 1.61. The first kappa shape index (κ1) is 13.0. The molecule has 0 saturated heterocycles. The molecule has 1 aromatic heterocycles. The second-order valence-electron chi connectivity index (χ2n) is 4.89. The van der Waals surface area contributed by atoms with Crippen molar-refractivity contribution in [2.45, 2.75) is 32.1 Å². The van der Waals surface area contributed by atoms with Gasteiger partial charge in [-0.05, 0) is 25.1 Å². The topological polar surface area (TPSA) is 56.5 Å². The zero-order valence-electron chi connectivity index (χ0n) is 11.6. The molecule has 0 aliphatic carbocycles. The number of aliphatic hydroxyl groups excluding tert-OH is 1. The molecule has 2 atom stereocenters. The van der Waals surface area contributed by atoms with Gasteiger partial charge in [-0.3, -0.25) is 4.68 Å². The van der Waals surface area contributed by atoms with Gasteiger partial charge in [0.15, 0.2) is 0 Å². The van der Waals surface area contributed by atoms with E-state index < -0.39 is 6.10 Å². The Morgan fingerprint density at radius 2 is 2.35 bits per heavy atom. The van der Waals surface area contributed by atoms with Gasteiger partial charge in [-0.15, -0.1) is 0 Å². The summed E-state index contributed by atoms with van der Waals surface area (Å²) in [6.07, 6.45) is 3.58. The highest BCUT2D eigenvalue weighted by Gasteiger charge is 2.29. The van der Waals surface area contributed by atoms with Crippen LogP contribution in [0.25, 0.3) is 0 Å². The van der Waals surface area contributed by atoms with E-state index in [1.165, 1.54) is 0 Å². The lowest BCUT2D eigenvalue weighted by Gasteiger charge is -2.29. The van der Waals surface area contributed by atoms with Crippen molar-refractivity contribution in [1.29, 1.82) is 0 Å². The Morgan fingerprint density at radius 1 is 1.50 bits per heavy atom. The van der Waals surface area contributed by atoms with E-state index in [0.29, 0.717) is 12.2 Å². The fourth-order valence-electron chi connectivity index (χ4n) is 2.48. The first-order valence-corrected chi connectivity index (χ1v) is 6.76. The van der Waals surface area contributed by atoms with Gasteiger partial charge in [-0.25, -0.2) is 0 Å². The maximum atomic E-state index is 10.3. The highest BCUT2D eigenvalue weighted by molar-refractivity contribution is 5.43. The Labute approximate surface area is 117 Å². The summed E-state index contributed by atoms with van der Waals surface area (Å²) in [6, 6.07) is 5.50. The number of methoxy groups -OCH3 is 1. The lowest BCUT2D eigenvalue weighted by Crippen LogP contribution is -2.18. The lowest BCUT2D eigenvalue weighted by molar-refractivity contribution is 0.0654. The van der Waals surface area contributed by atoms with Crippen LogP contribution in [0.2, 0.25) is 0 Å². The van der Waals surface area contributed by atoms with E-state index in [0.717, 1.165) is 23.4 Å². The van der Waals surface area contributed by atoms with E-state index in [2.05, 4.69) is 5.10 Å². The number of benzene rings is 1. The number of nitrogens with zero attached hydrogens (tertiary/aromatic N) is 2. The normalized spacial score (nSPS) is 21.1. The van der Waals surface area contributed by atoms with Crippen molar-refractivity contribution in [2.24, 2.45) is 0 Å². The van der Waals surface area contributed by atoms with E-state index in [9.17, 15) is 5.11 Å². The zero-order valence-corrected chi connectivity index (χ0v) is 11.6. The van der Waals surface area contributed by atoms with E-state index in [1.807, 2.05) is 36.0 Å². The molecule has 0 amide bonds. The maximum Gasteiger partial charge on any atom is 0.130 e. The van der Waals surface area contributed by atoms with Crippen LogP contribution in [0.5, 0.6) is 11.5 Å². The van der Waals surface area contributed by atoms with Crippen molar-refractivity contribution in [3.8, 4) is 11.5 Å². The zero-order chi connectivity index (χ0) is 14.1. The number of ether oxygens (including phenoxy) is 2. The van der Waals surface area contributed by atoms with Gasteiger partial charge in [0.25, 0.3) is 0 Å². The number of hydrogen-bond donors (Lipinski definition) is 1. The molecule has 0 spiro atoms. The van der Waals surface area contributed by atoms with Gasteiger partial charge in [-0.2, -0.15) is 5.10 Å². The molecule has 20 heavy (non-hydrogen) atoms. The summed E-state index contributed by atoms with van der Waals surface area (Å²) in [5.74, 6) is 1.43. The number of fused-ring (bicyclic) bond motifs is 1. The molecule has 1 aliphatic heterocycles. The van der Waals surface area contributed by atoms with Gasteiger partial charge >= 0.3 is 0 Å². The SMILES string of the molecule is CCn1cc(C2C[C@@H](O)c3cc(OC)ccc3O2)cn1. The van der Waals surface area contributed by atoms with Crippen molar-refractivity contribution in [1.82, 2.24) is 9.78 Å². The Hall–Kier alpha value is -2.01. The molecule has 3 rings (SSSR count). The van der Waals surface area contributed by atoms with Crippen LogP contribution < -0.4 is 9.47 Å². The minimum absolute atomic E-state index is 0.161. The van der Waals surface area contributed by atoms with Crippen molar-refractivity contribution in [2.75, 3.05) is 7.11 Å². The molecule has 1 aromatic carbocycles. The minimum atomic E-state index is -0.552. The monoisotopic (exact) mass is 274 g/mol. The Balaban J connectivity index is 1.88. The molecular formula is C15H18N2O3. The summed E-state index contributed by atoms with van der Waals surface area (Å²) in [4.78, 5) is 0. The van der Waals surface area contributed by atoms with Crippen LogP contribution in [-0.2, 0) is 6.54 Å². The van der Waals surface area contributed by atoms with Crippen LogP contribution in [-0.4, -0.2) is 22.0 Å². The van der Waals surface area contributed by atoms with Gasteiger partial charge in [-0.1, -0.05) is 0 Å². The molecule has 0 fully saturated rings. The average Bonchev–Trinajstić information content (AvgIpc) is 2.96. The molecule has 1 N–H and O–H groups in total. The first-order valence-electron chi connectivity index (χ1n) is 6.76. The Bertz CT molecular complexity index is 609. The van der Waals surface area contributed by atoms with Gasteiger partial charge in [0.05, 0.1) is 19.4 Å². The van der Waals surface area contributed by atoms with Gasteiger partial charge in [0.1, 0.15) is 17.6 Å². The van der Waals surface area contributed by atoms with Crippen molar-refractivity contribution < 1.29 is 14.6 Å². The first-order chi connectivity index (χ1) is 9.71. The number of rotatable bonds is 3. The van der Waals surface area contributed by atoms with Gasteiger partial charge in [0, 0.05) is 30.3 Å². The molecule has 2 heterocycles. The Morgan fingerprint density at radius 3 is 3.05 bits per heavy atom. The second kappa shape index (κ2) is 5.17. The highest BCUT2D eigenvalue weighted by Crippen LogP contribution is 2.42. The Kier molecular flexibility index (Phi) is 3.36. The largest absolute Gasteiger partial charge is 0.497 e. The third kappa shape index (κ3) is 2.25. The van der Waals surface area contributed by atoms with E-state index in [1.54, 1.807) is 13.3 Å². The van der Waals surface area contributed by atoms with E-state index >= 15 is 0 Å². The molecular weight excluding hydrogens is 256 g/mol. The van der Waals surface area contributed by atoms with E-state index in [-0.39, 0.29) is 6.10 Å². The smallest absolute Gasteiger partial charge is 0.130 e. The molecule has 106 valence electrons. The number of aliphatic hydroxyl groups is 1. The van der Waals surface area contributed by atoms with Crippen LogP contribution in [0.4, 0.5) is 0 Å². The van der Waals surface area contributed by atoms with Crippen LogP contribution in [0.15, 0.2) is 30.6 Å². The predicted molar refractivity (Wildman–Crippen MR) is 73.8 cm³/mol. The molecule has 1 aliphatic rings. The summed E-state index contributed by atoms with van der Waals surface area (Å²) >= 11 is 0. The van der Waals surface area contributed by atoms with Gasteiger partial charge in [0.2, 0.25) is 0 Å². The van der Waals surface area contributed by atoms with Crippen LogP contribution in [0, 0.1) is 0 Å². The fourth-order valence-corrected chi connectivity index (χ4v) is 2.48. The number of hydrogen-bond acceptors (Lipinski definition) is 4. The summed E-state index contributed by atoms with van der Waals surface area (Å²) in [6.45, 7) is 2.86. The molecule has 5 nitrogen and oxygen atoms in total. The summed E-state index contributed by atoms with van der Waals surface area (Å²) in [5.41, 5.74) is 1.77. The predicted octanol–water partition coefficient (Wildman–Crippen LogP) is 2.47. The second-order valence-corrected chi connectivity index (χ2v) is 4.89. The van der Waals surface area contributed by atoms with Crippen molar-refractivity contribution >= 4 is 0 Å². The molecule has 0 saturated carbocycles. The molecule has 2 aromatic rings. The standard InChI is InChI=1S/C15H18N2O3/c1-3-17-9-10(8-16-17)15-7-13(18)12-6-11(19-2)4-5-14(12)20-15/h4-6,8-9,13,15,18H,3,7H2,1-2H3/t13-,15?/m1/s1. The van der Waals surface area contributed by atoms with E-state index in [4.69, 9.17) is 9.47 Å². The highest BCUT2D eigenvalue weighted by atomic mass is 16.5. The minimum Gasteiger partial charge on any atom is -0.497 e.